The van der Waals surface area contributed by atoms with Crippen molar-refractivity contribution in [1.82, 2.24) is 10.6 Å². The Labute approximate surface area is 203 Å². The molecule has 2 amide bonds. The number of carboxylic acid groups (broad SMARTS) is 1. The van der Waals surface area contributed by atoms with E-state index in [0.29, 0.717) is 0 Å². The van der Waals surface area contributed by atoms with E-state index in [9.17, 15) is 27.9 Å². The van der Waals surface area contributed by atoms with Gasteiger partial charge < -0.3 is 25.6 Å². The third kappa shape index (κ3) is 7.27. The number of alkyl carbamates (subject to hydrolysis) is 1. The third-order valence-electron chi connectivity index (χ3n) is 5.65. The van der Waals surface area contributed by atoms with Gasteiger partial charge in [-0.2, -0.15) is 0 Å². The highest BCUT2D eigenvalue weighted by molar-refractivity contribution is 7.90. The molecule has 0 heterocycles. The molecule has 0 saturated heterocycles. The normalized spacial score (nSPS) is 14.3. The van der Waals surface area contributed by atoms with Crippen LogP contribution in [0.5, 0.6) is 0 Å². The van der Waals surface area contributed by atoms with E-state index in [-0.39, 0.29) is 31.2 Å². The van der Waals surface area contributed by atoms with Crippen molar-refractivity contribution in [3.05, 3.63) is 59.7 Å². The zero-order valence-corrected chi connectivity index (χ0v) is 20.0. The van der Waals surface area contributed by atoms with Gasteiger partial charge in [0.25, 0.3) is 0 Å². The van der Waals surface area contributed by atoms with Crippen LogP contribution in [0.1, 0.15) is 29.9 Å². The predicted molar refractivity (Wildman–Crippen MR) is 128 cm³/mol. The van der Waals surface area contributed by atoms with Crippen LogP contribution >= 0.6 is 0 Å². The number of aliphatic carboxylic acids is 1. The van der Waals surface area contributed by atoms with Gasteiger partial charge >= 0.3 is 12.1 Å². The second-order valence-corrected chi connectivity index (χ2v) is 10.7. The first-order chi connectivity index (χ1) is 16.5. The maximum absolute atomic E-state index is 12.6. The molecule has 4 N–H and O–H groups in total. The minimum absolute atomic E-state index is 0.0115. The summed E-state index contributed by atoms with van der Waals surface area (Å²) in [5, 5.41) is 23.1. The zero-order valence-electron chi connectivity index (χ0n) is 19.1. The summed E-state index contributed by atoms with van der Waals surface area (Å²) in [4.78, 5) is 35.8. The van der Waals surface area contributed by atoms with Crippen LogP contribution in [0.2, 0.25) is 0 Å². The SMILES string of the molecule is CS(=O)(=O)CCC(NC(=O)OCC1c2ccccc2-c2ccccc21)C(=O)NCC(O)CC(=O)O. The molecule has 0 radical (unpaired) electrons. The summed E-state index contributed by atoms with van der Waals surface area (Å²) in [7, 11) is -3.43. The van der Waals surface area contributed by atoms with E-state index in [2.05, 4.69) is 10.6 Å². The maximum atomic E-state index is 12.6. The Kier molecular flexibility index (Phi) is 8.47. The van der Waals surface area contributed by atoms with E-state index in [1.54, 1.807) is 0 Å². The number of aliphatic hydroxyl groups excluding tert-OH is 1. The van der Waals surface area contributed by atoms with Gasteiger partial charge in [-0.3, -0.25) is 9.59 Å². The van der Waals surface area contributed by atoms with Gasteiger partial charge in [0.05, 0.1) is 18.3 Å². The number of carboxylic acids is 1. The highest BCUT2D eigenvalue weighted by Crippen LogP contribution is 2.44. The van der Waals surface area contributed by atoms with Crippen LogP contribution in [0.15, 0.2) is 48.5 Å². The first-order valence-electron chi connectivity index (χ1n) is 11.0. The fraction of sp³-hybridized carbons (Fsp3) is 0.375. The molecule has 35 heavy (non-hydrogen) atoms. The second kappa shape index (κ2) is 11.3. The molecule has 0 spiro atoms. The van der Waals surface area contributed by atoms with Crippen LogP contribution < -0.4 is 10.6 Å². The van der Waals surface area contributed by atoms with Crippen molar-refractivity contribution < 1.29 is 37.8 Å². The Hall–Kier alpha value is -3.44. The lowest BCUT2D eigenvalue weighted by atomic mass is 9.98. The highest BCUT2D eigenvalue weighted by atomic mass is 32.2. The van der Waals surface area contributed by atoms with Gasteiger partial charge in [-0.1, -0.05) is 48.5 Å². The Bertz CT molecular complexity index is 1150. The number of nitrogens with one attached hydrogen (secondary N) is 2. The van der Waals surface area contributed by atoms with Gasteiger partial charge in [0.2, 0.25) is 5.91 Å². The standard InChI is InChI=1S/C24H28N2O8S/c1-35(32,33)11-10-21(23(30)25-13-15(27)12-22(28)29)26-24(31)34-14-20-18-8-4-2-6-16(18)17-7-3-5-9-19(17)20/h2-9,15,20-21,27H,10-14H2,1H3,(H,25,30)(H,26,31)(H,28,29). The Morgan fingerprint density at radius 3 is 2.14 bits per heavy atom. The van der Waals surface area contributed by atoms with E-state index in [1.807, 2.05) is 48.5 Å². The molecular formula is C24H28N2O8S. The number of fused-ring (bicyclic) bond motifs is 3. The largest absolute Gasteiger partial charge is 0.481 e. The Morgan fingerprint density at radius 1 is 1.03 bits per heavy atom. The summed E-state index contributed by atoms with van der Waals surface area (Å²) in [5.41, 5.74) is 4.14. The number of aliphatic hydroxyl groups is 1. The number of hydrogen-bond donors (Lipinski definition) is 4. The molecule has 2 unspecified atom stereocenters. The lowest BCUT2D eigenvalue weighted by Gasteiger charge is -2.20. The zero-order chi connectivity index (χ0) is 25.6. The number of benzene rings is 2. The molecule has 10 nitrogen and oxygen atoms in total. The first-order valence-corrected chi connectivity index (χ1v) is 13.1. The number of carbonyl (C=O) groups is 3. The topological polar surface area (TPSA) is 159 Å². The number of ether oxygens (including phenoxy) is 1. The summed E-state index contributed by atoms with van der Waals surface area (Å²) in [6, 6.07) is 14.4. The number of rotatable bonds is 11. The minimum Gasteiger partial charge on any atom is -0.481 e. The molecule has 188 valence electrons. The highest BCUT2D eigenvalue weighted by Gasteiger charge is 2.30. The second-order valence-electron chi connectivity index (χ2n) is 8.44. The lowest BCUT2D eigenvalue weighted by molar-refractivity contribution is -0.139. The monoisotopic (exact) mass is 504 g/mol. The smallest absolute Gasteiger partial charge is 0.407 e. The summed E-state index contributed by atoms with van der Waals surface area (Å²) in [6.45, 7) is -0.357. The van der Waals surface area contributed by atoms with Crippen LogP contribution in [-0.4, -0.2) is 73.9 Å². The van der Waals surface area contributed by atoms with E-state index in [1.165, 1.54) is 0 Å². The van der Waals surface area contributed by atoms with Crippen molar-refractivity contribution in [3.63, 3.8) is 0 Å². The molecule has 1 aliphatic carbocycles. The van der Waals surface area contributed by atoms with E-state index in [4.69, 9.17) is 9.84 Å². The van der Waals surface area contributed by atoms with Crippen molar-refractivity contribution in [2.45, 2.75) is 30.9 Å². The van der Waals surface area contributed by atoms with Gasteiger partial charge in [-0.05, 0) is 28.7 Å². The fourth-order valence-electron chi connectivity index (χ4n) is 4.00. The average Bonchev–Trinajstić information content (AvgIpc) is 3.11. The third-order valence-corrected chi connectivity index (χ3v) is 6.63. The molecule has 0 aliphatic heterocycles. The fourth-order valence-corrected chi connectivity index (χ4v) is 4.66. The predicted octanol–water partition coefficient (Wildman–Crippen LogP) is 1.28. The maximum Gasteiger partial charge on any atom is 0.407 e. The van der Waals surface area contributed by atoms with Crippen LogP contribution in [0, 0.1) is 0 Å². The van der Waals surface area contributed by atoms with Crippen molar-refractivity contribution in [1.29, 1.82) is 0 Å². The molecule has 3 rings (SSSR count). The average molecular weight is 505 g/mol. The lowest BCUT2D eigenvalue weighted by Crippen LogP contribution is -2.49. The van der Waals surface area contributed by atoms with Crippen LogP contribution in [0.3, 0.4) is 0 Å². The first kappa shape index (κ1) is 26.2. The van der Waals surface area contributed by atoms with E-state index < -0.39 is 46.4 Å². The van der Waals surface area contributed by atoms with Crippen LogP contribution in [0.25, 0.3) is 11.1 Å². The van der Waals surface area contributed by atoms with Gasteiger partial charge in [-0.25, -0.2) is 13.2 Å². The molecule has 2 aromatic rings. The van der Waals surface area contributed by atoms with Crippen molar-refractivity contribution >= 4 is 27.8 Å². The van der Waals surface area contributed by atoms with Crippen molar-refractivity contribution in [2.75, 3.05) is 25.2 Å². The summed E-state index contributed by atoms with van der Waals surface area (Å²) in [6.07, 6.45) is -2.02. The summed E-state index contributed by atoms with van der Waals surface area (Å²) < 4.78 is 28.6. The van der Waals surface area contributed by atoms with Crippen LogP contribution in [-0.2, 0) is 24.2 Å². The van der Waals surface area contributed by atoms with Gasteiger partial charge in [-0.15, -0.1) is 0 Å². The molecule has 0 aromatic heterocycles. The number of sulfone groups is 1. The van der Waals surface area contributed by atoms with Crippen molar-refractivity contribution in [3.8, 4) is 11.1 Å². The molecule has 0 fully saturated rings. The Balaban J connectivity index is 1.64. The molecule has 1 aliphatic rings. The van der Waals surface area contributed by atoms with Crippen molar-refractivity contribution in [2.24, 2.45) is 0 Å². The number of amides is 2. The molecule has 2 atom stereocenters. The molecular weight excluding hydrogens is 476 g/mol. The Morgan fingerprint density at radius 2 is 1.60 bits per heavy atom. The number of carbonyl (C=O) groups excluding carboxylic acids is 2. The molecule has 11 heteroatoms. The number of hydrogen-bond acceptors (Lipinski definition) is 7. The van der Waals surface area contributed by atoms with Gasteiger partial charge in [0.15, 0.2) is 0 Å². The molecule has 0 saturated carbocycles. The minimum atomic E-state index is -3.43. The molecule has 0 bridgehead atoms. The molecule has 2 aromatic carbocycles. The van der Waals surface area contributed by atoms with E-state index >= 15 is 0 Å². The summed E-state index contributed by atoms with van der Waals surface area (Å²) >= 11 is 0. The summed E-state index contributed by atoms with van der Waals surface area (Å²) in [5.74, 6) is -2.56. The van der Waals surface area contributed by atoms with E-state index in [0.717, 1.165) is 28.5 Å². The quantitative estimate of drug-likeness (QED) is 0.356. The van der Waals surface area contributed by atoms with Crippen LogP contribution in [0.4, 0.5) is 4.79 Å². The van der Waals surface area contributed by atoms with Gasteiger partial charge in [0, 0.05) is 18.7 Å². The van der Waals surface area contributed by atoms with Gasteiger partial charge in [0.1, 0.15) is 22.5 Å².